The summed E-state index contributed by atoms with van der Waals surface area (Å²) in [6, 6.07) is -3.18. The summed E-state index contributed by atoms with van der Waals surface area (Å²) in [5.41, 5.74) is 29.4. The lowest BCUT2D eigenvalue weighted by atomic mass is 9.84. The van der Waals surface area contributed by atoms with Crippen molar-refractivity contribution >= 4 is 0 Å². The van der Waals surface area contributed by atoms with Crippen LogP contribution in [0.25, 0.3) is 0 Å². The van der Waals surface area contributed by atoms with Crippen molar-refractivity contribution in [2.45, 2.75) is 123 Å². The van der Waals surface area contributed by atoms with E-state index in [0.717, 1.165) is 0 Å². The van der Waals surface area contributed by atoms with Crippen LogP contribution < -0.4 is 28.7 Å². The van der Waals surface area contributed by atoms with Gasteiger partial charge in [-0.05, 0) is 6.42 Å². The molecule has 3 heterocycles. The molecule has 4 rings (SSSR count). The van der Waals surface area contributed by atoms with Crippen LogP contribution in [-0.4, -0.2) is 161 Å². The predicted molar refractivity (Wildman–Crippen MR) is 134 cm³/mol. The molecule has 0 bridgehead atoms. The van der Waals surface area contributed by atoms with E-state index in [9.17, 15) is 35.0 Å². The Bertz CT molecular complexity index is 842. The molecule has 41 heavy (non-hydrogen) atoms. The molecule has 1 aliphatic carbocycles. The first-order chi connectivity index (χ1) is 19.4. The molecule has 0 aromatic carbocycles. The molecule has 17 nitrogen and oxygen atoms in total. The summed E-state index contributed by atoms with van der Waals surface area (Å²) in [7, 11) is 0. The molecule has 3 aliphatic heterocycles. The first-order valence-corrected chi connectivity index (χ1v) is 13.7. The van der Waals surface area contributed by atoms with Crippen LogP contribution in [0.1, 0.15) is 12.8 Å². The Labute approximate surface area is 235 Å². The average Bonchev–Trinajstić information content (AvgIpc) is 3.24. The zero-order valence-electron chi connectivity index (χ0n) is 22.3. The second-order valence-electron chi connectivity index (χ2n) is 11.0. The molecule has 18 atom stereocenters. The van der Waals surface area contributed by atoms with Gasteiger partial charge in [-0.15, -0.1) is 0 Å². The molecular weight excluding hydrogens is 557 g/mol. The van der Waals surface area contributed by atoms with E-state index in [1.807, 2.05) is 0 Å². The number of aliphatic hydroxyl groups is 6. The quantitative estimate of drug-likeness (QED) is 0.117. The number of hydrogen-bond donors (Lipinski definition) is 11. The molecule has 1 saturated carbocycles. The van der Waals surface area contributed by atoms with Gasteiger partial charge in [-0.25, -0.2) is 4.39 Å². The molecule has 0 unspecified atom stereocenters. The Hall–Kier alpha value is -0.750. The maximum absolute atomic E-state index is 14.7. The number of hydrogen-bond acceptors (Lipinski definition) is 17. The third kappa shape index (κ3) is 6.84. The molecule has 0 spiro atoms. The van der Waals surface area contributed by atoms with Crippen LogP contribution in [0.15, 0.2) is 0 Å². The summed E-state index contributed by atoms with van der Waals surface area (Å²) < 4.78 is 49.1. The minimum atomic E-state index is -1.93. The van der Waals surface area contributed by atoms with Crippen molar-refractivity contribution in [3.63, 3.8) is 0 Å². The third-order valence-corrected chi connectivity index (χ3v) is 8.13. The number of alkyl halides is 1. The van der Waals surface area contributed by atoms with E-state index in [2.05, 4.69) is 0 Å². The monoisotopic (exact) mass is 601 g/mol. The van der Waals surface area contributed by atoms with Crippen LogP contribution in [0.3, 0.4) is 0 Å². The smallest absolute Gasteiger partial charge is 0.187 e. The van der Waals surface area contributed by atoms with Gasteiger partial charge >= 0.3 is 0 Å². The average molecular weight is 602 g/mol. The summed E-state index contributed by atoms with van der Waals surface area (Å²) in [6.45, 7) is -0.949. The van der Waals surface area contributed by atoms with Crippen molar-refractivity contribution in [2.24, 2.45) is 28.7 Å². The van der Waals surface area contributed by atoms with Crippen molar-refractivity contribution < 1.29 is 63.5 Å². The predicted octanol–water partition coefficient (Wildman–Crippen LogP) is -6.86. The van der Waals surface area contributed by atoms with Gasteiger partial charge in [0, 0.05) is 31.6 Å². The molecule has 3 saturated heterocycles. The highest BCUT2D eigenvalue weighted by molar-refractivity contribution is 5.02. The van der Waals surface area contributed by atoms with Gasteiger partial charge in [0.25, 0.3) is 0 Å². The van der Waals surface area contributed by atoms with E-state index >= 15 is 0 Å². The van der Waals surface area contributed by atoms with Crippen LogP contribution in [0.5, 0.6) is 0 Å². The Morgan fingerprint density at radius 3 is 1.90 bits per heavy atom. The standard InChI is InChI=1S/C23H44FN5O12/c24-13-14(29)22(37-10(4-26)17(13)34)40-19-7(28)1-6(27)15(32)21(19)41-23-18(35)20(11(5-30)38-23)39-12-2-8(31)16(33)9(3-25)36-12/h6-23,30-35H,1-5,25-29H2/t6-,7+,8-,9+,10-,11-,12-,13+,14-,15+,16+,17-,18-,19-,20-,21-,22-,23+/m1/s1. The summed E-state index contributed by atoms with van der Waals surface area (Å²) >= 11 is 0. The van der Waals surface area contributed by atoms with E-state index in [0.29, 0.717) is 0 Å². The zero-order chi connectivity index (χ0) is 30.2. The SMILES string of the molecule is NC[C@@H]1O[C@H](O[C@H]2[C@@H](O)[C@H](O[C@@H]3[C@@H](O)[C@H](N)C[C@H](N)[C@H]3O[C@H]3O[C@H](CN)[C@@H](O)[C@@H](F)[C@H]3N)O[C@@H]2CO)C[C@@H](O)[C@@H]1O. The lowest BCUT2D eigenvalue weighted by molar-refractivity contribution is -0.302. The van der Waals surface area contributed by atoms with Crippen molar-refractivity contribution in [3.8, 4) is 0 Å². The van der Waals surface area contributed by atoms with E-state index in [4.69, 9.17) is 57.1 Å². The van der Waals surface area contributed by atoms with Crippen LogP contribution >= 0.6 is 0 Å². The second kappa shape index (κ2) is 13.9. The van der Waals surface area contributed by atoms with Gasteiger partial charge in [-0.2, -0.15) is 0 Å². The van der Waals surface area contributed by atoms with Crippen LogP contribution in [0, 0.1) is 0 Å². The summed E-state index contributed by atoms with van der Waals surface area (Å²) in [5.74, 6) is 0. The first kappa shape index (κ1) is 33.1. The van der Waals surface area contributed by atoms with E-state index < -0.39 is 117 Å². The van der Waals surface area contributed by atoms with Gasteiger partial charge in [0.2, 0.25) is 0 Å². The topological polar surface area (TPSA) is 307 Å². The zero-order valence-corrected chi connectivity index (χ0v) is 22.3. The highest BCUT2D eigenvalue weighted by atomic mass is 19.1. The molecular formula is C23H44FN5O12. The molecule has 16 N–H and O–H groups in total. The molecule has 0 amide bonds. The highest BCUT2D eigenvalue weighted by Gasteiger charge is 2.53. The Morgan fingerprint density at radius 2 is 1.27 bits per heavy atom. The molecule has 4 fully saturated rings. The van der Waals surface area contributed by atoms with Gasteiger partial charge in [0.05, 0.1) is 24.9 Å². The van der Waals surface area contributed by atoms with Gasteiger partial charge < -0.3 is 87.7 Å². The fourth-order valence-electron chi connectivity index (χ4n) is 5.67. The maximum Gasteiger partial charge on any atom is 0.187 e. The molecule has 18 heteroatoms. The van der Waals surface area contributed by atoms with Gasteiger partial charge in [-0.1, -0.05) is 0 Å². The highest BCUT2D eigenvalue weighted by Crippen LogP contribution is 2.34. The minimum Gasteiger partial charge on any atom is -0.394 e. The van der Waals surface area contributed by atoms with Crippen molar-refractivity contribution in [2.75, 3.05) is 19.7 Å². The molecule has 4 aliphatic rings. The molecule has 0 radical (unpaired) electrons. The number of rotatable bonds is 9. The molecule has 0 aromatic heterocycles. The molecule has 0 aromatic rings. The largest absolute Gasteiger partial charge is 0.394 e. The van der Waals surface area contributed by atoms with Gasteiger partial charge in [0.15, 0.2) is 18.9 Å². The van der Waals surface area contributed by atoms with E-state index in [-0.39, 0.29) is 25.9 Å². The van der Waals surface area contributed by atoms with E-state index in [1.165, 1.54) is 0 Å². The fraction of sp³-hybridized carbons (Fsp3) is 1.00. The summed E-state index contributed by atoms with van der Waals surface area (Å²) in [6.07, 6.45) is -20.0. The first-order valence-electron chi connectivity index (χ1n) is 13.7. The number of aliphatic hydroxyl groups excluding tert-OH is 6. The normalized spacial score (nSPS) is 53.0. The fourth-order valence-corrected chi connectivity index (χ4v) is 5.67. The number of halogens is 1. The van der Waals surface area contributed by atoms with Crippen molar-refractivity contribution in [3.05, 3.63) is 0 Å². The maximum atomic E-state index is 14.7. The van der Waals surface area contributed by atoms with Gasteiger partial charge in [-0.3, -0.25) is 0 Å². The van der Waals surface area contributed by atoms with Crippen LogP contribution in [0.2, 0.25) is 0 Å². The number of ether oxygens (including phenoxy) is 6. The Morgan fingerprint density at radius 1 is 0.659 bits per heavy atom. The molecule has 240 valence electrons. The van der Waals surface area contributed by atoms with Gasteiger partial charge in [0.1, 0.15) is 61.1 Å². The summed E-state index contributed by atoms with van der Waals surface area (Å²) in [4.78, 5) is 0. The summed E-state index contributed by atoms with van der Waals surface area (Å²) in [5, 5.41) is 62.1. The number of nitrogens with two attached hydrogens (primary N) is 5. The minimum absolute atomic E-state index is 0.0736. The lowest BCUT2D eigenvalue weighted by Crippen LogP contribution is -2.67. The van der Waals surface area contributed by atoms with Crippen molar-refractivity contribution in [1.82, 2.24) is 0 Å². The Balaban J connectivity index is 1.48. The van der Waals surface area contributed by atoms with E-state index in [1.54, 1.807) is 0 Å². The van der Waals surface area contributed by atoms with Crippen molar-refractivity contribution in [1.29, 1.82) is 0 Å². The Kier molecular flexibility index (Phi) is 11.2. The van der Waals surface area contributed by atoms with Crippen LogP contribution in [-0.2, 0) is 28.4 Å². The van der Waals surface area contributed by atoms with Crippen LogP contribution in [0.4, 0.5) is 4.39 Å². The second-order valence-corrected chi connectivity index (χ2v) is 11.0. The lowest BCUT2D eigenvalue weighted by Gasteiger charge is -2.46. The third-order valence-electron chi connectivity index (χ3n) is 8.13.